The average molecular weight is 171 g/mol. The van der Waals surface area contributed by atoms with Crippen molar-refractivity contribution < 1.29 is 14.3 Å². The van der Waals surface area contributed by atoms with Gasteiger partial charge in [0, 0.05) is 6.04 Å². The van der Waals surface area contributed by atoms with Crippen molar-refractivity contribution in [3.63, 3.8) is 0 Å². The predicted molar refractivity (Wildman–Crippen MR) is 42.3 cm³/mol. The summed E-state index contributed by atoms with van der Waals surface area (Å²) in [6.45, 7) is 1.92. The number of piperidine rings is 1. The molecule has 0 aromatic heterocycles. The average Bonchev–Trinajstić information content (AvgIpc) is 2.03. The van der Waals surface area contributed by atoms with Gasteiger partial charge in [-0.2, -0.15) is 0 Å². The van der Waals surface area contributed by atoms with E-state index in [9.17, 15) is 9.59 Å². The number of nitrogens with one attached hydrogen (secondary N) is 1. The first-order valence-electron chi connectivity index (χ1n) is 4.03. The van der Waals surface area contributed by atoms with E-state index in [1.165, 1.54) is 7.11 Å². The fraction of sp³-hybridized carbons (Fsp3) is 0.750. The maximum absolute atomic E-state index is 11.2. The van der Waals surface area contributed by atoms with Gasteiger partial charge in [-0.1, -0.05) is 0 Å². The zero-order valence-corrected chi connectivity index (χ0v) is 7.29. The van der Waals surface area contributed by atoms with Gasteiger partial charge < -0.3 is 10.1 Å². The van der Waals surface area contributed by atoms with Crippen LogP contribution in [0.2, 0.25) is 0 Å². The minimum absolute atomic E-state index is 0.179. The van der Waals surface area contributed by atoms with Crippen molar-refractivity contribution in [2.24, 2.45) is 5.92 Å². The quantitative estimate of drug-likeness (QED) is 0.449. The molecule has 0 aromatic rings. The van der Waals surface area contributed by atoms with E-state index < -0.39 is 11.9 Å². The van der Waals surface area contributed by atoms with Gasteiger partial charge in [-0.25, -0.2) is 0 Å². The summed E-state index contributed by atoms with van der Waals surface area (Å²) in [5.41, 5.74) is 0. The number of amides is 1. The second-order valence-corrected chi connectivity index (χ2v) is 3.06. The molecule has 1 aliphatic rings. The zero-order chi connectivity index (χ0) is 9.14. The molecule has 1 fully saturated rings. The fourth-order valence-corrected chi connectivity index (χ4v) is 1.33. The van der Waals surface area contributed by atoms with Gasteiger partial charge in [-0.15, -0.1) is 0 Å². The molecule has 0 radical (unpaired) electrons. The number of ether oxygens (including phenoxy) is 1. The van der Waals surface area contributed by atoms with Crippen molar-refractivity contribution in [2.75, 3.05) is 7.11 Å². The van der Waals surface area contributed by atoms with Crippen LogP contribution in [-0.4, -0.2) is 25.0 Å². The molecule has 0 spiro atoms. The van der Waals surface area contributed by atoms with Crippen LogP contribution >= 0.6 is 0 Å². The Bertz CT molecular complexity index is 202. The van der Waals surface area contributed by atoms with Gasteiger partial charge in [-0.3, -0.25) is 9.59 Å². The Balaban J connectivity index is 2.56. The van der Waals surface area contributed by atoms with Gasteiger partial charge in [0.2, 0.25) is 5.91 Å². The number of carbonyl (C=O) groups is 2. The highest BCUT2D eigenvalue weighted by molar-refractivity contribution is 5.98. The number of hydrogen-bond donors (Lipinski definition) is 1. The van der Waals surface area contributed by atoms with Crippen LogP contribution in [0.25, 0.3) is 0 Å². The van der Waals surface area contributed by atoms with Crippen molar-refractivity contribution in [3.8, 4) is 0 Å². The van der Waals surface area contributed by atoms with Crippen LogP contribution in [0.4, 0.5) is 0 Å². The van der Waals surface area contributed by atoms with E-state index in [2.05, 4.69) is 10.1 Å². The summed E-state index contributed by atoms with van der Waals surface area (Å²) in [5.74, 6) is -1.23. The van der Waals surface area contributed by atoms with Gasteiger partial charge in [0.05, 0.1) is 7.11 Å². The predicted octanol–water partition coefficient (Wildman–Crippen LogP) is 0.0741. The lowest BCUT2D eigenvalue weighted by Crippen LogP contribution is -2.45. The van der Waals surface area contributed by atoms with E-state index in [-0.39, 0.29) is 11.9 Å². The zero-order valence-electron chi connectivity index (χ0n) is 7.29. The van der Waals surface area contributed by atoms with Crippen LogP contribution in [0.15, 0.2) is 0 Å². The summed E-state index contributed by atoms with van der Waals surface area (Å²) in [5, 5.41) is 2.70. The van der Waals surface area contributed by atoms with Crippen LogP contribution in [0.5, 0.6) is 0 Å². The summed E-state index contributed by atoms with van der Waals surface area (Å²) in [4.78, 5) is 22.2. The molecule has 0 aromatic carbocycles. The summed E-state index contributed by atoms with van der Waals surface area (Å²) in [6, 6.07) is 0.179. The van der Waals surface area contributed by atoms with Crippen LogP contribution in [0.3, 0.4) is 0 Å². The molecule has 0 bridgehead atoms. The molecule has 1 rings (SSSR count). The molecule has 1 N–H and O–H groups in total. The standard InChI is InChI=1S/C8H13NO3/c1-5-3-4-6(7(10)9-5)8(11)12-2/h5-6H,3-4H2,1-2H3,(H,9,10)/t5-,6?/m1/s1. The molecule has 1 unspecified atom stereocenters. The second kappa shape index (κ2) is 3.56. The van der Waals surface area contributed by atoms with Gasteiger partial charge in [0.25, 0.3) is 0 Å². The van der Waals surface area contributed by atoms with E-state index >= 15 is 0 Å². The van der Waals surface area contributed by atoms with Gasteiger partial charge in [0.1, 0.15) is 5.92 Å². The Hall–Kier alpha value is -1.06. The maximum Gasteiger partial charge on any atom is 0.318 e. The fourth-order valence-electron chi connectivity index (χ4n) is 1.33. The van der Waals surface area contributed by atoms with E-state index in [1.807, 2.05) is 6.92 Å². The SMILES string of the molecule is COC(=O)C1CC[C@@H](C)NC1=O. The highest BCUT2D eigenvalue weighted by Crippen LogP contribution is 2.16. The van der Waals surface area contributed by atoms with Gasteiger partial charge in [-0.05, 0) is 19.8 Å². The Kier molecular flexibility index (Phi) is 2.68. The van der Waals surface area contributed by atoms with Crippen LogP contribution in [0, 0.1) is 5.92 Å². The second-order valence-electron chi connectivity index (χ2n) is 3.06. The molecular weight excluding hydrogens is 158 g/mol. The van der Waals surface area contributed by atoms with E-state index in [1.54, 1.807) is 0 Å². The Morgan fingerprint density at radius 1 is 1.58 bits per heavy atom. The molecule has 1 heterocycles. The first-order chi connectivity index (χ1) is 5.65. The first-order valence-corrected chi connectivity index (χ1v) is 4.03. The minimum atomic E-state index is -0.591. The molecule has 0 aliphatic carbocycles. The summed E-state index contributed by atoms with van der Waals surface area (Å²) < 4.78 is 4.50. The highest BCUT2D eigenvalue weighted by atomic mass is 16.5. The maximum atomic E-state index is 11.2. The summed E-state index contributed by atoms with van der Waals surface area (Å²) in [7, 11) is 1.30. The van der Waals surface area contributed by atoms with Crippen molar-refractivity contribution in [1.82, 2.24) is 5.32 Å². The highest BCUT2D eigenvalue weighted by Gasteiger charge is 2.32. The largest absolute Gasteiger partial charge is 0.468 e. The lowest BCUT2D eigenvalue weighted by Gasteiger charge is -2.24. The van der Waals surface area contributed by atoms with E-state index in [0.717, 1.165) is 6.42 Å². The number of methoxy groups -OCH3 is 1. The van der Waals surface area contributed by atoms with Crippen LogP contribution in [-0.2, 0) is 14.3 Å². The van der Waals surface area contributed by atoms with Crippen molar-refractivity contribution in [1.29, 1.82) is 0 Å². The molecule has 4 heteroatoms. The molecule has 1 saturated heterocycles. The van der Waals surface area contributed by atoms with Crippen molar-refractivity contribution in [3.05, 3.63) is 0 Å². The van der Waals surface area contributed by atoms with Gasteiger partial charge >= 0.3 is 5.97 Å². The smallest absolute Gasteiger partial charge is 0.318 e. The van der Waals surface area contributed by atoms with Crippen LogP contribution in [0.1, 0.15) is 19.8 Å². The molecule has 1 amide bonds. The number of hydrogen-bond acceptors (Lipinski definition) is 3. The topological polar surface area (TPSA) is 55.4 Å². The molecule has 2 atom stereocenters. The number of esters is 1. The Labute approximate surface area is 71.3 Å². The summed E-state index contributed by atoms with van der Waals surface area (Å²) in [6.07, 6.45) is 1.44. The normalized spacial score (nSPS) is 29.3. The molecule has 4 nitrogen and oxygen atoms in total. The molecule has 0 saturated carbocycles. The van der Waals surface area contributed by atoms with E-state index in [4.69, 9.17) is 0 Å². The summed E-state index contributed by atoms with van der Waals surface area (Å²) >= 11 is 0. The minimum Gasteiger partial charge on any atom is -0.468 e. The van der Waals surface area contributed by atoms with E-state index in [0.29, 0.717) is 6.42 Å². The molecular formula is C8H13NO3. The molecule has 68 valence electrons. The van der Waals surface area contributed by atoms with Crippen molar-refractivity contribution >= 4 is 11.9 Å². The lowest BCUT2D eigenvalue weighted by molar-refractivity contribution is -0.151. The Morgan fingerprint density at radius 3 is 2.75 bits per heavy atom. The third kappa shape index (κ3) is 1.75. The lowest BCUT2D eigenvalue weighted by atomic mass is 9.95. The van der Waals surface area contributed by atoms with Crippen LogP contribution < -0.4 is 5.32 Å². The van der Waals surface area contributed by atoms with Crippen molar-refractivity contribution in [2.45, 2.75) is 25.8 Å². The molecule has 12 heavy (non-hydrogen) atoms. The first kappa shape index (κ1) is 9.03. The Morgan fingerprint density at radius 2 is 2.25 bits per heavy atom. The monoisotopic (exact) mass is 171 g/mol. The number of rotatable bonds is 1. The molecule has 1 aliphatic heterocycles. The van der Waals surface area contributed by atoms with Gasteiger partial charge in [0.15, 0.2) is 0 Å². The third-order valence-electron chi connectivity index (χ3n) is 2.08. The number of carbonyl (C=O) groups excluding carboxylic acids is 2. The third-order valence-corrected chi connectivity index (χ3v) is 2.08.